The Balaban J connectivity index is 1.85. The SMILES string of the molecule is O=C1c2c(c(O)c3nccnc3c2O)C(=O)N1Cc1cc(Cl)cc(Cl)c1. The summed E-state index contributed by atoms with van der Waals surface area (Å²) >= 11 is 11.9. The molecule has 1 aliphatic heterocycles. The number of imide groups is 1. The number of fused-ring (bicyclic) bond motifs is 2. The number of hydrogen-bond acceptors (Lipinski definition) is 6. The van der Waals surface area contributed by atoms with Gasteiger partial charge in [-0.05, 0) is 23.8 Å². The topological polar surface area (TPSA) is 104 Å². The van der Waals surface area contributed by atoms with E-state index in [-0.39, 0.29) is 28.7 Å². The molecule has 0 unspecified atom stereocenters. The third-order valence-corrected chi connectivity index (χ3v) is 4.49. The van der Waals surface area contributed by atoms with E-state index in [4.69, 9.17) is 23.2 Å². The van der Waals surface area contributed by atoms with Crippen LogP contribution < -0.4 is 0 Å². The Hall–Kier alpha value is -2.90. The summed E-state index contributed by atoms with van der Waals surface area (Å²) in [5, 5.41) is 21.5. The fourth-order valence-corrected chi connectivity index (χ4v) is 3.54. The second-order valence-electron chi connectivity index (χ2n) is 5.67. The molecular weight excluding hydrogens is 381 g/mol. The van der Waals surface area contributed by atoms with Crippen molar-refractivity contribution in [2.24, 2.45) is 0 Å². The van der Waals surface area contributed by atoms with Gasteiger partial charge in [0.15, 0.2) is 11.5 Å². The van der Waals surface area contributed by atoms with E-state index in [1.807, 2.05) is 0 Å². The second kappa shape index (κ2) is 5.82. The first-order valence-corrected chi connectivity index (χ1v) is 8.14. The van der Waals surface area contributed by atoms with Crippen molar-refractivity contribution in [1.82, 2.24) is 14.9 Å². The van der Waals surface area contributed by atoms with E-state index in [2.05, 4.69) is 9.97 Å². The number of phenolic OH excluding ortho intramolecular Hbond substituents is 2. The Morgan fingerprint density at radius 3 is 1.77 bits per heavy atom. The first-order valence-electron chi connectivity index (χ1n) is 7.38. The molecule has 0 saturated carbocycles. The highest BCUT2D eigenvalue weighted by atomic mass is 35.5. The van der Waals surface area contributed by atoms with Crippen LogP contribution in [-0.4, -0.2) is 36.9 Å². The minimum atomic E-state index is -0.749. The van der Waals surface area contributed by atoms with Crippen LogP contribution in [-0.2, 0) is 6.54 Å². The second-order valence-corrected chi connectivity index (χ2v) is 6.55. The Kier molecular flexibility index (Phi) is 3.71. The summed E-state index contributed by atoms with van der Waals surface area (Å²) in [5.74, 6) is -2.49. The molecule has 2 aromatic carbocycles. The van der Waals surface area contributed by atoms with Gasteiger partial charge in [0.25, 0.3) is 11.8 Å². The summed E-state index contributed by atoms with van der Waals surface area (Å²) in [5.41, 5.74) is -0.186. The molecule has 2 heterocycles. The normalized spacial score (nSPS) is 13.5. The van der Waals surface area contributed by atoms with Gasteiger partial charge in [0.05, 0.1) is 6.54 Å². The number of phenols is 2. The molecule has 2 N–H and O–H groups in total. The number of aromatic nitrogens is 2. The van der Waals surface area contributed by atoms with E-state index < -0.39 is 23.3 Å². The number of hydrogen-bond donors (Lipinski definition) is 2. The van der Waals surface area contributed by atoms with E-state index in [0.717, 1.165) is 4.90 Å². The van der Waals surface area contributed by atoms with E-state index in [1.165, 1.54) is 18.5 Å². The zero-order valence-corrected chi connectivity index (χ0v) is 14.4. The van der Waals surface area contributed by atoms with Crippen LogP contribution in [0.1, 0.15) is 26.3 Å². The summed E-state index contributed by atoms with van der Waals surface area (Å²) in [7, 11) is 0. The molecule has 3 aromatic rings. The molecule has 0 radical (unpaired) electrons. The first-order chi connectivity index (χ1) is 12.4. The lowest BCUT2D eigenvalue weighted by Crippen LogP contribution is -2.29. The van der Waals surface area contributed by atoms with Gasteiger partial charge in [0.2, 0.25) is 0 Å². The summed E-state index contributed by atoms with van der Waals surface area (Å²) in [6.45, 7) is -0.122. The van der Waals surface area contributed by atoms with Crippen molar-refractivity contribution in [3.05, 3.63) is 57.3 Å². The quantitative estimate of drug-likeness (QED) is 0.515. The molecule has 1 aromatic heterocycles. The Morgan fingerprint density at radius 1 is 0.846 bits per heavy atom. The van der Waals surface area contributed by atoms with Crippen molar-refractivity contribution in [2.45, 2.75) is 6.54 Å². The molecule has 1 aliphatic rings. The lowest BCUT2D eigenvalue weighted by Gasteiger charge is -2.14. The van der Waals surface area contributed by atoms with Gasteiger partial charge in [-0.15, -0.1) is 0 Å². The van der Waals surface area contributed by atoms with Gasteiger partial charge in [-0.2, -0.15) is 0 Å². The van der Waals surface area contributed by atoms with Crippen molar-refractivity contribution in [1.29, 1.82) is 0 Å². The number of nitrogens with zero attached hydrogens (tertiary/aromatic N) is 3. The zero-order chi connectivity index (χ0) is 18.6. The molecule has 0 saturated heterocycles. The Bertz CT molecular complexity index is 1040. The fourth-order valence-electron chi connectivity index (χ4n) is 2.97. The molecule has 9 heteroatoms. The Morgan fingerprint density at radius 2 is 1.31 bits per heavy atom. The smallest absolute Gasteiger partial charge is 0.265 e. The number of carbonyl (C=O) groups is 2. The molecule has 0 spiro atoms. The third kappa shape index (κ3) is 2.36. The van der Waals surface area contributed by atoms with Gasteiger partial charge in [0, 0.05) is 22.4 Å². The van der Waals surface area contributed by atoms with Gasteiger partial charge in [-0.25, -0.2) is 9.97 Å². The van der Waals surface area contributed by atoms with E-state index in [0.29, 0.717) is 15.6 Å². The number of aromatic hydroxyl groups is 2. The van der Waals surface area contributed by atoms with Crippen LogP contribution in [0, 0.1) is 0 Å². The summed E-state index contributed by atoms with van der Waals surface area (Å²) in [6.07, 6.45) is 2.61. The zero-order valence-electron chi connectivity index (χ0n) is 12.9. The van der Waals surface area contributed by atoms with Crippen molar-refractivity contribution in [3.63, 3.8) is 0 Å². The standard InChI is InChI=1S/C17H9Cl2N3O4/c18-8-3-7(4-9(19)5-8)6-22-16(25)10-11(17(22)26)15(24)13-12(14(10)23)20-1-2-21-13/h1-5,23-24H,6H2. The highest BCUT2D eigenvalue weighted by Gasteiger charge is 2.42. The lowest BCUT2D eigenvalue weighted by molar-refractivity contribution is 0.0641. The highest BCUT2D eigenvalue weighted by Crippen LogP contribution is 2.42. The Labute approximate surface area is 156 Å². The lowest BCUT2D eigenvalue weighted by atomic mass is 10.1. The van der Waals surface area contributed by atoms with Gasteiger partial charge in [-0.3, -0.25) is 14.5 Å². The molecule has 0 aliphatic carbocycles. The maximum absolute atomic E-state index is 12.7. The predicted molar refractivity (Wildman–Crippen MR) is 93.5 cm³/mol. The molecule has 0 fully saturated rings. The third-order valence-electron chi connectivity index (χ3n) is 4.05. The van der Waals surface area contributed by atoms with Crippen LogP contribution >= 0.6 is 23.2 Å². The minimum absolute atomic E-state index is 0.0578. The van der Waals surface area contributed by atoms with E-state index in [9.17, 15) is 19.8 Å². The summed E-state index contributed by atoms with van der Waals surface area (Å²) < 4.78 is 0. The maximum Gasteiger partial charge on any atom is 0.265 e. The van der Waals surface area contributed by atoms with Crippen LogP contribution in [0.3, 0.4) is 0 Å². The average Bonchev–Trinajstić information content (AvgIpc) is 2.84. The summed E-state index contributed by atoms with van der Waals surface area (Å²) in [4.78, 5) is 34.2. The molecule has 4 rings (SSSR count). The van der Waals surface area contributed by atoms with Crippen molar-refractivity contribution < 1.29 is 19.8 Å². The summed E-state index contributed by atoms with van der Waals surface area (Å²) in [6, 6.07) is 4.66. The van der Waals surface area contributed by atoms with Crippen molar-refractivity contribution >= 4 is 46.0 Å². The molecule has 2 amide bonds. The highest BCUT2D eigenvalue weighted by molar-refractivity contribution is 6.34. The predicted octanol–water partition coefficient (Wildman–Crippen LogP) is 3.14. The van der Waals surface area contributed by atoms with Crippen LogP contribution in [0.4, 0.5) is 0 Å². The van der Waals surface area contributed by atoms with E-state index >= 15 is 0 Å². The van der Waals surface area contributed by atoms with Crippen LogP contribution in [0.25, 0.3) is 11.0 Å². The largest absolute Gasteiger partial charge is 0.505 e. The van der Waals surface area contributed by atoms with E-state index in [1.54, 1.807) is 12.1 Å². The fraction of sp³-hybridized carbons (Fsp3) is 0.0588. The molecule has 0 atom stereocenters. The van der Waals surface area contributed by atoms with Gasteiger partial charge >= 0.3 is 0 Å². The number of benzene rings is 2. The number of amides is 2. The molecule has 130 valence electrons. The number of carbonyl (C=O) groups excluding carboxylic acids is 2. The van der Waals surface area contributed by atoms with Crippen LogP contribution in [0.5, 0.6) is 11.5 Å². The monoisotopic (exact) mass is 389 g/mol. The number of rotatable bonds is 2. The first kappa shape index (κ1) is 16.6. The van der Waals surface area contributed by atoms with Gasteiger partial charge in [-0.1, -0.05) is 23.2 Å². The molecule has 7 nitrogen and oxygen atoms in total. The average molecular weight is 390 g/mol. The van der Waals surface area contributed by atoms with Crippen LogP contribution in [0.15, 0.2) is 30.6 Å². The van der Waals surface area contributed by atoms with Crippen LogP contribution in [0.2, 0.25) is 10.0 Å². The van der Waals surface area contributed by atoms with Crippen molar-refractivity contribution in [3.8, 4) is 11.5 Å². The molecular formula is C17H9Cl2N3O4. The van der Waals surface area contributed by atoms with Gasteiger partial charge < -0.3 is 10.2 Å². The molecule has 0 bridgehead atoms. The minimum Gasteiger partial charge on any atom is -0.505 e. The van der Waals surface area contributed by atoms with Crippen molar-refractivity contribution in [2.75, 3.05) is 0 Å². The maximum atomic E-state index is 12.7. The van der Waals surface area contributed by atoms with Gasteiger partial charge in [0.1, 0.15) is 22.2 Å². The number of halogens is 2. The molecule has 26 heavy (non-hydrogen) atoms.